The van der Waals surface area contributed by atoms with Crippen molar-refractivity contribution in [3.8, 4) is 0 Å². The summed E-state index contributed by atoms with van der Waals surface area (Å²) in [5, 5.41) is 7.69. The molecule has 7 heteroatoms. The zero-order valence-electron chi connectivity index (χ0n) is 11.0. The predicted octanol–water partition coefficient (Wildman–Crippen LogP) is 1.12. The van der Waals surface area contributed by atoms with Gasteiger partial charge in [-0.2, -0.15) is 0 Å². The Kier molecular flexibility index (Phi) is 4.29. The second-order valence-corrected chi connectivity index (χ2v) is 6.95. The summed E-state index contributed by atoms with van der Waals surface area (Å²) in [6.45, 7) is 0.147. The van der Waals surface area contributed by atoms with Crippen LogP contribution in [0.5, 0.6) is 0 Å². The molecule has 0 bridgehead atoms. The van der Waals surface area contributed by atoms with Gasteiger partial charge in [0.05, 0.1) is 0 Å². The highest BCUT2D eigenvalue weighted by Crippen LogP contribution is 2.37. The summed E-state index contributed by atoms with van der Waals surface area (Å²) in [4.78, 5) is 11.6. The van der Waals surface area contributed by atoms with Crippen molar-refractivity contribution in [3.63, 3.8) is 0 Å². The van der Waals surface area contributed by atoms with Crippen LogP contribution in [-0.4, -0.2) is 25.8 Å². The number of hydrogen-bond donors (Lipinski definition) is 2. The fourth-order valence-electron chi connectivity index (χ4n) is 2.14. The van der Waals surface area contributed by atoms with Gasteiger partial charge in [0, 0.05) is 6.54 Å². The number of sulfonamides is 1. The number of ether oxygens (including phenoxy) is 1. The van der Waals surface area contributed by atoms with Gasteiger partial charge in [-0.05, 0) is 18.4 Å². The molecule has 1 saturated carbocycles. The highest BCUT2D eigenvalue weighted by atomic mass is 32.2. The molecule has 3 N–H and O–H groups in total. The van der Waals surface area contributed by atoms with E-state index in [2.05, 4.69) is 5.32 Å². The molecule has 1 aromatic carbocycles. The number of nitrogens with one attached hydrogen (secondary N) is 1. The number of amides is 1. The number of alkyl carbamates (subject to hydrolysis) is 1. The minimum atomic E-state index is -3.66. The van der Waals surface area contributed by atoms with E-state index >= 15 is 0 Å². The fraction of sp³-hybridized carbons (Fsp3) is 0.462. The average molecular weight is 298 g/mol. The monoisotopic (exact) mass is 298 g/mol. The number of benzene rings is 1. The summed E-state index contributed by atoms with van der Waals surface area (Å²) >= 11 is 0. The number of nitrogens with two attached hydrogens (primary N) is 1. The second kappa shape index (κ2) is 5.80. The van der Waals surface area contributed by atoms with Gasteiger partial charge in [0.1, 0.15) is 11.4 Å². The highest BCUT2D eigenvalue weighted by Gasteiger charge is 2.47. The van der Waals surface area contributed by atoms with Gasteiger partial charge in [0.15, 0.2) is 0 Å². The quantitative estimate of drug-likeness (QED) is 0.851. The topological polar surface area (TPSA) is 98.5 Å². The van der Waals surface area contributed by atoms with Crippen LogP contribution in [-0.2, 0) is 21.4 Å². The number of rotatable bonds is 5. The molecule has 1 aliphatic rings. The largest absolute Gasteiger partial charge is 0.445 e. The number of carbonyl (C=O) groups excluding carboxylic acids is 1. The Morgan fingerprint density at radius 2 is 1.95 bits per heavy atom. The first-order valence-electron chi connectivity index (χ1n) is 6.40. The van der Waals surface area contributed by atoms with E-state index in [9.17, 15) is 13.2 Å². The molecule has 0 aromatic heterocycles. The molecule has 1 aromatic rings. The van der Waals surface area contributed by atoms with Crippen molar-refractivity contribution < 1.29 is 17.9 Å². The Labute approximate surface area is 118 Å². The Morgan fingerprint density at radius 3 is 2.45 bits per heavy atom. The van der Waals surface area contributed by atoms with Gasteiger partial charge in [0.2, 0.25) is 10.0 Å². The third-order valence-corrected chi connectivity index (χ3v) is 5.40. The van der Waals surface area contributed by atoms with Crippen LogP contribution in [0.25, 0.3) is 0 Å². The van der Waals surface area contributed by atoms with E-state index in [0.717, 1.165) is 12.0 Å². The van der Waals surface area contributed by atoms with Gasteiger partial charge in [-0.15, -0.1) is 0 Å². The van der Waals surface area contributed by atoms with Crippen LogP contribution in [0.15, 0.2) is 30.3 Å². The molecule has 0 unspecified atom stereocenters. The second-order valence-electron chi connectivity index (χ2n) is 5.00. The van der Waals surface area contributed by atoms with Crippen LogP contribution in [0.3, 0.4) is 0 Å². The lowest BCUT2D eigenvalue weighted by Gasteiger charge is -2.39. The zero-order chi connectivity index (χ0) is 14.6. The predicted molar refractivity (Wildman–Crippen MR) is 74.3 cm³/mol. The van der Waals surface area contributed by atoms with Gasteiger partial charge in [-0.25, -0.2) is 18.4 Å². The summed E-state index contributed by atoms with van der Waals surface area (Å²) in [7, 11) is -3.66. The van der Waals surface area contributed by atoms with E-state index in [1.165, 1.54) is 0 Å². The molecule has 2 rings (SSSR count). The molecule has 0 spiro atoms. The normalized spacial score (nSPS) is 17.1. The maximum atomic E-state index is 11.6. The molecule has 20 heavy (non-hydrogen) atoms. The van der Waals surface area contributed by atoms with Crippen LogP contribution in [0, 0.1) is 0 Å². The van der Waals surface area contributed by atoms with Crippen LogP contribution < -0.4 is 10.5 Å². The highest BCUT2D eigenvalue weighted by molar-refractivity contribution is 7.90. The van der Waals surface area contributed by atoms with Gasteiger partial charge < -0.3 is 10.1 Å². The molecule has 0 atom stereocenters. The minimum Gasteiger partial charge on any atom is -0.445 e. The molecular weight excluding hydrogens is 280 g/mol. The van der Waals surface area contributed by atoms with Gasteiger partial charge in [-0.3, -0.25) is 0 Å². The summed E-state index contributed by atoms with van der Waals surface area (Å²) in [6, 6.07) is 9.24. The lowest BCUT2D eigenvalue weighted by Crippen LogP contribution is -2.56. The SMILES string of the molecule is NS(=O)(=O)C1(CNC(=O)OCc2ccccc2)CCC1. The summed E-state index contributed by atoms with van der Waals surface area (Å²) in [5.74, 6) is 0. The minimum absolute atomic E-state index is 0.000539. The smallest absolute Gasteiger partial charge is 0.407 e. The summed E-state index contributed by atoms with van der Waals surface area (Å²) < 4.78 is 27.0. The summed E-state index contributed by atoms with van der Waals surface area (Å²) in [5.41, 5.74) is 0.868. The Balaban J connectivity index is 1.81. The maximum Gasteiger partial charge on any atom is 0.407 e. The van der Waals surface area contributed by atoms with Crippen molar-refractivity contribution in [1.82, 2.24) is 5.32 Å². The molecule has 0 heterocycles. The van der Waals surface area contributed by atoms with Crippen LogP contribution in [0.4, 0.5) is 4.79 Å². The lowest BCUT2D eigenvalue weighted by atomic mass is 9.84. The summed E-state index contributed by atoms with van der Waals surface area (Å²) in [6.07, 6.45) is 1.12. The number of hydrogen-bond acceptors (Lipinski definition) is 4. The number of carbonyl (C=O) groups is 1. The molecule has 1 aliphatic carbocycles. The lowest BCUT2D eigenvalue weighted by molar-refractivity contribution is 0.136. The van der Waals surface area contributed by atoms with Crippen LogP contribution in [0.1, 0.15) is 24.8 Å². The van der Waals surface area contributed by atoms with E-state index < -0.39 is 20.9 Å². The zero-order valence-corrected chi connectivity index (χ0v) is 11.9. The van der Waals surface area contributed by atoms with Crippen molar-refractivity contribution in [2.75, 3.05) is 6.54 Å². The van der Waals surface area contributed by atoms with E-state index in [1.54, 1.807) is 0 Å². The van der Waals surface area contributed by atoms with E-state index in [-0.39, 0.29) is 13.2 Å². The van der Waals surface area contributed by atoms with Crippen molar-refractivity contribution >= 4 is 16.1 Å². The molecule has 0 saturated heterocycles. The van der Waals surface area contributed by atoms with E-state index in [0.29, 0.717) is 12.8 Å². The molecule has 0 radical (unpaired) electrons. The average Bonchev–Trinajstić information content (AvgIpc) is 2.34. The first-order chi connectivity index (χ1) is 9.43. The Morgan fingerprint density at radius 1 is 1.30 bits per heavy atom. The molecule has 0 aliphatic heterocycles. The van der Waals surface area contributed by atoms with Crippen molar-refractivity contribution in [3.05, 3.63) is 35.9 Å². The van der Waals surface area contributed by atoms with E-state index in [4.69, 9.17) is 9.88 Å². The molecule has 110 valence electrons. The maximum absolute atomic E-state index is 11.6. The van der Waals surface area contributed by atoms with Gasteiger partial charge >= 0.3 is 6.09 Å². The Hall–Kier alpha value is -1.60. The number of primary sulfonamides is 1. The van der Waals surface area contributed by atoms with Crippen LogP contribution in [0.2, 0.25) is 0 Å². The van der Waals surface area contributed by atoms with Crippen molar-refractivity contribution in [1.29, 1.82) is 0 Å². The Bertz CT molecular complexity index is 567. The third kappa shape index (κ3) is 3.29. The molecule has 6 nitrogen and oxygen atoms in total. The van der Waals surface area contributed by atoms with Crippen LogP contribution >= 0.6 is 0 Å². The first-order valence-corrected chi connectivity index (χ1v) is 7.94. The fourth-order valence-corrected chi connectivity index (χ4v) is 3.27. The van der Waals surface area contributed by atoms with Gasteiger partial charge in [-0.1, -0.05) is 36.8 Å². The van der Waals surface area contributed by atoms with Crippen molar-refractivity contribution in [2.24, 2.45) is 5.14 Å². The first kappa shape index (κ1) is 14.8. The third-order valence-electron chi connectivity index (χ3n) is 3.64. The molecular formula is C13H18N2O4S. The standard InChI is InChI=1S/C13H18N2O4S/c14-20(17,18)13(7-4-8-13)10-15-12(16)19-9-11-5-2-1-3-6-11/h1-3,5-6H,4,7-10H2,(H,15,16)(H2,14,17,18). The van der Waals surface area contributed by atoms with E-state index in [1.807, 2.05) is 30.3 Å². The molecule has 1 fully saturated rings. The van der Waals surface area contributed by atoms with Crippen molar-refractivity contribution in [2.45, 2.75) is 30.6 Å². The van der Waals surface area contributed by atoms with Gasteiger partial charge in [0.25, 0.3) is 0 Å². The molecule has 1 amide bonds.